The van der Waals surface area contributed by atoms with Crippen LogP contribution in [-0.2, 0) is 19.4 Å². The average molecular weight is 464 g/mol. The normalized spacial score (nSPS) is 22.1. The summed E-state index contributed by atoms with van der Waals surface area (Å²) in [6.07, 6.45) is 2.00. The Morgan fingerprint density at radius 3 is 2.63 bits per heavy atom. The van der Waals surface area contributed by atoms with Crippen molar-refractivity contribution in [1.29, 1.82) is 0 Å². The number of amides is 1. The van der Waals surface area contributed by atoms with E-state index in [4.69, 9.17) is 16.6 Å². The number of thiocarbonyl (C=S) groups is 1. The Balaban J connectivity index is 1.52. The lowest BCUT2D eigenvalue weighted by Gasteiger charge is -2.20. The van der Waals surface area contributed by atoms with Crippen LogP contribution in [0.25, 0.3) is 17.4 Å². The molecule has 2 saturated heterocycles. The van der Waals surface area contributed by atoms with Crippen LogP contribution in [0.1, 0.15) is 22.5 Å². The van der Waals surface area contributed by atoms with Crippen molar-refractivity contribution < 1.29 is 27.2 Å². The fourth-order valence-electron chi connectivity index (χ4n) is 3.38. The van der Waals surface area contributed by atoms with E-state index in [1.54, 1.807) is 42.5 Å². The number of thioether (sulfide) groups is 1. The second-order valence-corrected chi connectivity index (χ2v) is 10.8. The summed E-state index contributed by atoms with van der Waals surface area (Å²) in [4.78, 5) is 26.1. The summed E-state index contributed by atoms with van der Waals surface area (Å²) in [7, 11) is -1.80. The monoisotopic (exact) mass is 463 g/mol. The second-order valence-electron chi connectivity index (χ2n) is 6.88. The van der Waals surface area contributed by atoms with Gasteiger partial charge in [-0.05, 0) is 30.7 Å². The van der Waals surface area contributed by atoms with Crippen LogP contribution in [-0.4, -0.2) is 54.2 Å². The fourth-order valence-corrected chi connectivity index (χ4v) is 6.46. The van der Waals surface area contributed by atoms with Crippen molar-refractivity contribution in [2.75, 3.05) is 18.6 Å². The summed E-state index contributed by atoms with van der Waals surface area (Å²) in [5.41, 5.74) is 1.21. The van der Waals surface area contributed by atoms with Crippen molar-refractivity contribution in [3.63, 3.8) is 0 Å². The summed E-state index contributed by atoms with van der Waals surface area (Å²) in [6, 6.07) is 9.87. The number of rotatable bonds is 4. The molecule has 1 amide bonds. The van der Waals surface area contributed by atoms with Crippen LogP contribution in [0, 0.1) is 0 Å². The largest absolute Gasteiger partial charge is 0.465 e. The minimum atomic E-state index is -3.12. The van der Waals surface area contributed by atoms with Gasteiger partial charge in [-0.25, -0.2) is 13.2 Å². The fraction of sp³-hybridized carbons (Fsp3) is 0.250. The predicted molar refractivity (Wildman–Crippen MR) is 118 cm³/mol. The molecule has 3 heterocycles. The van der Waals surface area contributed by atoms with Gasteiger partial charge in [0.1, 0.15) is 15.8 Å². The molecule has 2 aromatic rings. The molecule has 1 aromatic heterocycles. The number of ether oxygens (including phenoxy) is 1. The molecule has 0 bridgehead atoms. The zero-order valence-corrected chi connectivity index (χ0v) is 18.3. The molecule has 1 unspecified atom stereocenters. The molecule has 156 valence electrons. The first-order valence-electron chi connectivity index (χ1n) is 9.03. The lowest BCUT2D eigenvalue weighted by atomic mass is 10.1. The Morgan fingerprint density at radius 1 is 1.27 bits per heavy atom. The van der Waals surface area contributed by atoms with Gasteiger partial charge < -0.3 is 9.15 Å². The average Bonchev–Trinajstić information content (AvgIpc) is 3.40. The smallest absolute Gasteiger partial charge is 0.337 e. The van der Waals surface area contributed by atoms with Gasteiger partial charge in [0, 0.05) is 11.6 Å². The van der Waals surface area contributed by atoms with Gasteiger partial charge in [0.15, 0.2) is 9.84 Å². The highest BCUT2D eigenvalue weighted by Gasteiger charge is 2.42. The Hall–Kier alpha value is -2.43. The molecule has 2 aliphatic heterocycles. The van der Waals surface area contributed by atoms with Crippen molar-refractivity contribution in [2.45, 2.75) is 12.5 Å². The number of methoxy groups -OCH3 is 1. The Morgan fingerprint density at radius 2 is 2.00 bits per heavy atom. The summed E-state index contributed by atoms with van der Waals surface area (Å²) in [5.74, 6) is 0.353. The lowest BCUT2D eigenvalue weighted by molar-refractivity contribution is -0.123. The van der Waals surface area contributed by atoms with Gasteiger partial charge in [-0.2, -0.15) is 0 Å². The molecule has 0 radical (unpaired) electrons. The minimum Gasteiger partial charge on any atom is -0.465 e. The minimum absolute atomic E-state index is 0.0564. The second kappa shape index (κ2) is 8.01. The number of carbonyl (C=O) groups excluding carboxylic acids is 2. The predicted octanol–water partition coefficient (Wildman–Crippen LogP) is 3.12. The molecule has 0 N–H and O–H groups in total. The Labute approximate surface area is 183 Å². The molecule has 7 nitrogen and oxygen atoms in total. The third-order valence-electron chi connectivity index (χ3n) is 4.89. The molecule has 0 saturated carbocycles. The van der Waals surface area contributed by atoms with E-state index in [9.17, 15) is 18.0 Å². The molecular weight excluding hydrogens is 446 g/mol. The highest BCUT2D eigenvalue weighted by Crippen LogP contribution is 2.36. The number of sulfone groups is 1. The molecule has 2 fully saturated rings. The van der Waals surface area contributed by atoms with E-state index < -0.39 is 21.8 Å². The molecule has 4 rings (SSSR count). The van der Waals surface area contributed by atoms with Crippen LogP contribution in [0.15, 0.2) is 45.7 Å². The van der Waals surface area contributed by atoms with Crippen molar-refractivity contribution >= 4 is 56.1 Å². The number of esters is 1. The van der Waals surface area contributed by atoms with Gasteiger partial charge in [0.2, 0.25) is 0 Å². The van der Waals surface area contributed by atoms with Crippen molar-refractivity contribution in [2.24, 2.45) is 0 Å². The third-order valence-corrected chi connectivity index (χ3v) is 7.97. The van der Waals surface area contributed by atoms with Gasteiger partial charge >= 0.3 is 5.97 Å². The molecule has 1 aromatic carbocycles. The first-order valence-corrected chi connectivity index (χ1v) is 12.1. The van der Waals surface area contributed by atoms with Gasteiger partial charge in [-0.15, -0.1) is 0 Å². The standard InChI is InChI=1S/C20H17NO6S3/c1-26-19(23)13-4-2-12(3-5-13)16-7-6-15(27-16)10-17-18(22)21(20(28)29-17)14-8-9-30(24,25)11-14/h2-7,10,14H,8-9,11H2,1H3. The first kappa shape index (κ1) is 20.8. The topological polar surface area (TPSA) is 93.9 Å². The number of hydrogen-bond donors (Lipinski definition) is 0. The summed E-state index contributed by atoms with van der Waals surface area (Å²) >= 11 is 6.45. The number of hydrogen-bond acceptors (Lipinski definition) is 8. The van der Waals surface area contributed by atoms with Crippen LogP contribution in [0.2, 0.25) is 0 Å². The molecule has 2 aliphatic rings. The van der Waals surface area contributed by atoms with E-state index in [2.05, 4.69) is 4.74 Å². The van der Waals surface area contributed by atoms with Crippen LogP contribution in [0.3, 0.4) is 0 Å². The van der Waals surface area contributed by atoms with E-state index >= 15 is 0 Å². The van der Waals surface area contributed by atoms with E-state index in [1.807, 2.05) is 0 Å². The highest BCUT2D eigenvalue weighted by molar-refractivity contribution is 8.26. The van der Waals surface area contributed by atoms with E-state index in [-0.39, 0.29) is 17.4 Å². The van der Waals surface area contributed by atoms with Crippen LogP contribution >= 0.6 is 24.0 Å². The van der Waals surface area contributed by atoms with Crippen LogP contribution in [0.4, 0.5) is 0 Å². The van der Waals surface area contributed by atoms with Gasteiger partial charge in [-0.1, -0.05) is 36.1 Å². The lowest BCUT2D eigenvalue weighted by Crippen LogP contribution is -2.39. The van der Waals surface area contributed by atoms with Gasteiger partial charge in [-0.3, -0.25) is 9.69 Å². The third kappa shape index (κ3) is 4.07. The maximum Gasteiger partial charge on any atom is 0.337 e. The van der Waals surface area contributed by atoms with Crippen LogP contribution in [0.5, 0.6) is 0 Å². The Bertz CT molecular complexity index is 1160. The number of benzene rings is 1. The summed E-state index contributed by atoms with van der Waals surface area (Å²) in [5, 5.41) is 0. The maximum absolute atomic E-state index is 12.8. The molecule has 30 heavy (non-hydrogen) atoms. The number of carbonyl (C=O) groups is 2. The van der Waals surface area contributed by atoms with E-state index in [0.29, 0.717) is 32.7 Å². The summed E-state index contributed by atoms with van der Waals surface area (Å²) in [6.45, 7) is 0. The van der Waals surface area contributed by atoms with Gasteiger partial charge in [0.05, 0.1) is 35.1 Å². The first-order chi connectivity index (χ1) is 14.3. The van der Waals surface area contributed by atoms with E-state index in [0.717, 1.165) is 17.3 Å². The molecule has 1 atom stereocenters. The molecule has 10 heteroatoms. The number of furan rings is 1. The van der Waals surface area contributed by atoms with Gasteiger partial charge in [0.25, 0.3) is 5.91 Å². The summed E-state index contributed by atoms with van der Waals surface area (Å²) < 4.78 is 34.4. The SMILES string of the molecule is COC(=O)c1ccc(-c2ccc(C=C3SC(=S)N(C4CCS(=O)(=O)C4)C3=O)o2)cc1. The zero-order valence-electron chi connectivity index (χ0n) is 15.9. The van der Waals surface area contributed by atoms with Crippen LogP contribution < -0.4 is 0 Å². The molecule has 0 spiro atoms. The molecular formula is C20H17NO6S3. The molecule has 0 aliphatic carbocycles. The maximum atomic E-state index is 12.8. The van der Waals surface area contributed by atoms with Crippen molar-refractivity contribution in [3.05, 3.63) is 52.6 Å². The number of nitrogens with zero attached hydrogens (tertiary/aromatic N) is 1. The zero-order chi connectivity index (χ0) is 21.5. The van der Waals surface area contributed by atoms with E-state index in [1.165, 1.54) is 12.0 Å². The highest BCUT2D eigenvalue weighted by atomic mass is 32.2. The van der Waals surface area contributed by atoms with Crippen molar-refractivity contribution in [3.8, 4) is 11.3 Å². The van der Waals surface area contributed by atoms with Crippen molar-refractivity contribution in [1.82, 2.24) is 4.90 Å². The quantitative estimate of drug-likeness (QED) is 0.388. The Kier molecular flexibility index (Phi) is 5.56.